The summed E-state index contributed by atoms with van der Waals surface area (Å²) in [7, 11) is 0. The van der Waals surface area contributed by atoms with E-state index in [0.717, 1.165) is 17.8 Å². The Balaban J connectivity index is 2.07. The molecule has 0 spiro atoms. The van der Waals surface area contributed by atoms with Crippen molar-refractivity contribution in [1.29, 1.82) is 0 Å². The van der Waals surface area contributed by atoms with Crippen LogP contribution in [0.4, 0.5) is 0 Å². The van der Waals surface area contributed by atoms with E-state index in [9.17, 15) is 0 Å². The van der Waals surface area contributed by atoms with Gasteiger partial charge >= 0.3 is 0 Å². The summed E-state index contributed by atoms with van der Waals surface area (Å²) in [5.41, 5.74) is 2.07. The minimum absolute atomic E-state index is 0.376. The number of aromatic nitrogens is 4. The molecule has 1 unspecified atom stereocenters. The standard InChI is InChI=1S/C10H12N4/c1-8(6-9-7-12-14-13-9)10-4-2-3-5-11-10/h2-5,7-8H,6H2,1H3,(H,12,13,14). The molecule has 1 atom stereocenters. The summed E-state index contributed by atoms with van der Waals surface area (Å²) in [5.74, 6) is 0.376. The van der Waals surface area contributed by atoms with Gasteiger partial charge in [0.2, 0.25) is 0 Å². The van der Waals surface area contributed by atoms with Crippen LogP contribution in [-0.4, -0.2) is 20.4 Å². The second-order valence-corrected chi connectivity index (χ2v) is 3.32. The van der Waals surface area contributed by atoms with Gasteiger partial charge in [0.15, 0.2) is 0 Å². The summed E-state index contributed by atoms with van der Waals surface area (Å²) in [6, 6.07) is 5.96. The lowest BCUT2D eigenvalue weighted by Crippen LogP contribution is -2.00. The summed E-state index contributed by atoms with van der Waals surface area (Å²) in [5, 5.41) is 10.4. The average Bonchev–Trinajstić information content (AvgIpc) is 2.72. The number of hydrogen-bond acceptors (Lipinski definition) is 3. The maximum absolute atomic E-state index is 4.30. The molecule has 4 nitrogen and oxygen atoms in total. The van der Waals surface area contributed by atoms with Crippen LogP contribution < -0.4 is 0 Å². The lowest BCUT2D eigenvalue weighted by molar-refractivity contribution is 0.712. The fourth-order valence-electron chi connectivity index (χ4n) is 1.41. The molecule has 0 aliphatic carbocycles. The maximum atomic E-state index is 4.30. The van der Waals surface area contributed by atoms with E-state index < -0.39 is 0 Å². The highest BCUT2D eigenvalue weighted by Crippen LogP contribution is 2.15. The van der Waals surface area contributed by atoms with E-state index >= 15 is 0 Å². The number of nitrogens with one attached hydrogen (secondary N) is 1. The van der Waals surface area contributed by atoms with E-state index in [-0.39, 0.29) is 0 Å². The molecule has 0 radical (unpaired) electrons. The zero-order chi connectivity index (χ0) is 9.80. The van der Waals surface area contributed by atoms with Crippen LogP contribution in [0.3, 0.4) is 0 Å². The van der Waals surface area contributed by atoms with Gasteiger partial charge < -0.3 is 0 Å². The minimum atomic E-state index is 0.376. The summed E-state index contributed by atoms with van der Waals surface area (Å²) in [6.45, 7) is 2.14. The first kappa shape index (κ1) is 8.87. The summed E-state index contributed by atoms with van der Waals surface area (Å²) >= 11 is 0. The predicted octanol–water partition coefficient (Wildman–Crippen LogP) is 1.55. The van der Waals surface area contributed by atoms with Crippen molar-refractivity contribution in [2.75, 3.05) is 0 Å². The normalized spacial score (nSPS) is 12.6. The Labute approximate surface area is 82.4 Å². The van der Waals surface area contributed by atoms with Gasteiger partial charge in [0, 0.05) is 24.2 Å². The highest BCUT2D eigenvalue weighted by Gasteiger charge is 2.08. The van der Waals surface area contributed by atoms with Crippen LogP contribution >= 0.6 is 0 Å². The summed E-state index contributed by atoms with van der Waals surface area (Å²) < 4.78 is 0. The Kier molecular flexibility index (Phi) is 2.53. The number of nitrogens with zero attached hydrogens (tertiary/aromatic N) is 3. The molecular weight excluding hydrogens is 176 g/mol. The third-order valence-corrected chi connectivity index (χ3v) is 2.17. The average molecular weight is 188 g/mol. The van der Waals surface area contributed by atoms with Crippen LogP contribution in [0.2, 0.25) is 0 Å². The smallest absolute Gasteiger partial charge is 0.0831 e. The lowest BCUT2D eigenvalue weighted by atomic mass is 10.0. The van der Waals surface area contributed by atoms with Gasteiger partial charge in [-0.3, -0.25) is 4.98 Å². The van der Waals surface area contributed by atoms with Crippen molar-refractivity contribution in [2.45, 2.75) is 19.3 Å². The SMILES string of the molecule is CC(Cc1cn[nH]n1)c1ccccn1. The van der Waals surface area contributed by atoms with Gasteiger partial charge in [-0.15, -0.1) is 0 Å². The molecule has 4 heteroatoms. The van der Waals surface area contributed by atoms with Gasteiger partial charge in [0.05, 0.1) is 11.9 Å². The molecule has 0 bridgehead atoms. The Bertz CT molecular complexity index is 368. The molecule has 0 fully saturated rings. The van der Waals surface area contributed by atoms with E-state index in [1.807, 2.05) is 24.4 Å². The first-order valence-corrected chi connectivity index (χ1v) is 4.62. The van der Waals surface area contributed by atoms with Crippen LogP contribution in [0, 0.1) is 0 Å². The number of H-pyrrole nitrogens is 1. The highest BCUT2D eigenvalue weighted by molar-refractivity contribution is 5.11. The van der Waals surface area contributed by atoms with Gasteiger partial charge in [0.1, 0.15) is 0 Å². The van der Waals surface area contributed by atoms with Crippen LogP contribution in [-0.2, 0) is 6.42 Å². The molecule has 2 heterocycles. The molecule has 1 N–H and O–H groups in total. The van der Waals surface area contributed by atoms with Crippen molar-refractivity contribution in [3.63, 3.8) is 0 Å². The molecule has 0 saturated carbocycles. The van der Waals surface area contributed by atoms with Crippen molar-refractivity contribution < 1.29 is 0 Å². The summed E-state index contributed by atoms with van der Waals surface area (Å²) in [6.07, 6.45) is 4.43. The fraction of sp³-hybridized carbons (Fsp3) is 0.300. The molecule has 0 aromatic carbocycles. The zero-order valence-electron chi connectivity index (χ0n) is 8.01. The minimum Gasteiger partial charge on any atom is -0.261 e. The molecular formula is C10H12N4. The number of rotatable bonds is 3. The first-order valence-electron chi connectivity index (χ1n) is 4.62. The molecule has 0 saturated heterocycles. The van der Waals surface area contributed by atoms with Gasteiger partial charge in [-0.1, -0.05) is 13.0 Å². The van der Waals surface area contributed by atoms with Gasteiger partial charge in [-0.25, -0.2) is 0 Å². The van der Waals surface area contributed by atoms with Crippen molar-refractivity contribution in [3.05, 3.63) is 42.0 Å². The van der Waals surface area contributed by atoms with E-state index in [4.69, 9.17) is 0 Å². The first-order chi connectivity index (χ1) is 6.86. The van der Waals surface area contributed by atoms with Crippen molar-refractivity contribution in [3.8, 4) is 0 Å². The zero-order valence-corrected chi connectivity index (χ0v) is 8.01. The maximum Gasteiger partial charge on any atom is 0.0831 e. The van der Waals surface area contributed by atoms with E-state index in [1.54, 1.807) is 6.20 Å². The third kappa shape index (κ3) is 1.96. The molecule has 0 aliphatic heterocycles. The quantitative estimate of drug-likeness (QED) is 0.795. The van der Waals surface area contributed by atoms with Crippen LogP contribution in [0.5, 0.6) is 0 Å². The molecule has 2 rings (SSSR count). The fourth-order valence-corrected chi connectivity index (χ4v) is 1.41. The third-order valence-electron chi connectivity index (χ3n) is 2.17. The topological polar surface area (TPSA) is 54.5 Å². The van der Waals surface area contributed by atoms with E-state index in [1.165, 1.54) is 0 Å². The second kappa shape index (κ2) is 4.00. The van der Waals surface area contributed by atoms with Crippen molar-refractivity contribution in [1.82, 2.24) is 20.4 Å². The molecule has 2 aromatic heterocycles. The Morgan fingerprint density at radius 3 is 3.00 bits per heavy atom. The van der Waals surface area contributed by atoms with Crippen molar-refractivity contribution in [2.24, 2.45) is 0 Å². The predicted molar refractivity (Wildman–Crippen MR) is 52.7 cm³/mol. The van der Waals surface area contributed by atoms with Gasteiger partial charge in [-0.2, -0.15) is 15.4 Å². The van der Waals surface area contributed by atoms with Crippen LogP contribution in [0.15, 0.2) is 30.6 Å². The monoisotopic (exact) mass is 188 g/mol. The van der Waals surface area contributed by atoms with Crippen molar-refractivity contribution >= 4 is 0 Å². The number of aromatic amines is 1. The van der Waals surface area contributed by atoms with Gasteiger partial charge in [-0.05, 0) is 12.1 Å². The largest absolute Gasteiger partial charge is 0.261 e. The van der Waals surface area contributed by atoms with E-state index in [0.29, 0.717) is 5.92 Å². The number of pyridine rings is 1. The Morgan fingerprint density at radius 1 is 1.43 bits per heavy atom. The van der Waals surface area contributed by atoms with Crippen LogP contribution in [0.25, 0.3) is 0 Å². The van der Waals surface area contributed by atoms with Crippen LogP contribution in [0.1, 0.15) is 24.2 Å². The second-order valence-electron chi connectivity index (χ2n) is 3.32. The van der Waals surface area contributed by atoms with Gasteiger partial charge in [0.25, 0.3) is 0 Å². The number of hydrogen-bond donors (Lipinski definition) is 1. The molecule has 72 valence electrons. The van der Waals surface area contributed by atoms with E-state index in [2.05, 4.69) is 27.3 Å². The lowest BCUT2D eigenvalue weighted by Gasteiger charge is -2.07. The Morgan fingerprint density at radius 2 is 2.36 bits per heavy atom. The summed E-state index contributed by atoms with van der Waals surface area (Å²) in [4.78, 5) is 4.30. The highest BCUT2D eigenvalue weighted by atomic mass is 15.3. The molecule has 2 aromatic rings. The molecule has 0 aliphatic rings. The Hall–Kier alpha value is -1.71. The molecule has 0 amide bonds. The molecule has 14 heavy (non-hydrogen) atoms.